The van der Waals surface area contributed by atoms with Gasteiger partial charge in [0.05, 0.1) is 19.8 Å². The minimum atomic E-state index is -0.747. The third kappa shape index (κ3) is 6.36. The van der Waals surface area contributed by atoms with Gasteiger partial charge in [-0.2, -0.15) is 0 Å². The van der Waals surface area contributed by atoms with Crippen molar-refractivity contribution >= 4 is 5.91 Å². The fourth-order valence-corrected chi connectivity index (χ4v) is 3.80. The molecular formula is C26H31F2N3O4. The predicted octanol–water partition coefficient (Wildman–Crippen LogP) is 5.36. The van der Waals surface area contributed by atoms with Gasteiger partial charge in [0.1, 0.15) is 11.6 Å². The first-order valence-corrected chi connectivity index (χ1v) is 11.8. The zero-order chi connectivity index (χ0) is 25.4. The Bertz CT molecular complexity index is 1140. The van der Waals surface area contributed by atoms with Gasteiger partial charge in [0.25, 0.3) is 5.91 Å². The third-order valence-electron chi connectivity index (χ3n) is 5.56. The minimum absolute atomic E-state index is 0.00380. The van der Waals surface area contributed by atoms with Gasteiger partial charge in [0, 0.05) is 23.7 Å². The number of methoxy groups -OCH3 is 1. The number of rotatable bonds is 8. The number of ether oxygens (including phenoxy) is 2. The van der Waals surface area contributed by atoms with Gasteiger partial charge < -0.3 is 24.9 Å². The topological polar surface area (TPSA) is 99.6 Å². The van der Waals surface area contributed by atoms with E-state index < -0.39 is 17.5 Å². The van der Waals surface area contributed by atoms with E-state index in [1.165, 1.54) is 6.07 Å². The normalized spacial score (nSPS) is 13.2. The van der Waals surface area contributed by atoms with E-state index in [1.807, 2.05) is 13.8 Å². The summed E-state index contributed by atoms with van der Waals surface area (Å²) in [6, 6.07) is 8.42. The van der Waals surface area contributed by atoms with E-state index in [-0.39, 0.29) is 42.1 Å². The number of halogens is 2. The number of nitrogens with one attached hydrogen (secondary N) is 1. The van der Waals surface area contributed by atoms with Crippen LogP contribution in [-0.2, 0) is 13.1 Å². The van der Waals surface area contributed by atoms with E-state index in [9.17, 15) is 13.6 Å². The summed E-state index contributed by atoms with van der Waals surface area (Å²) in [4.78, 5) is 17.0. The van der Waals surface area contributed by atoms with Crippen LogP contribution in [0.25, 0.3) is 11.5 Å². The highest BCUT2D eigenvalue weighted by Crippen LogP contribution is 2.35. The molecule has 9 heteroatoms. The number of benzene rings is 2. The summed E-state index contributed by atoms with van der Waals surface area (Å²) in [5.41, 5.74) is 6.50. The van der Waals surface area contributed by atoms with Crippen molar-refractivity contribution in [2.24, 2.45) is 5.73 Å². The van der Waals surface area contributed by atoms with E-state index in [0.717, 1.165) is 37.8 Å². The molecule has 0 atom stereocenters. The molecule has 1 fully saturated rings. The summed E-state index contributed by atoms with van der Waals surface area (Å²) >= 11 is 0. The predicted molar refractivity (Wildman–Crippen MR) is 128 cm³/mol. The lowest BCUT2D eigenvalue weighted by molar-refractivity contribution is 0.0944. The van der Waals surface area contributed by atoms with Gasteiger partial charge in [-0.25, -0.2) is 13.8 Å². The van der Waals surface area contributed by atoms with Crippen LogP contribution in [0.5, 0.6) is 11.5 Å². The van der Waals surface area contributed by atoms with Crippen LogP contribution in [0.1, 0.15) is 61.3 Å². The Kier molecular flexibility index (Phi) is 9.19. The number of nitrogens with zero attached hydrogens (tertiary/aromatic N) is 1. The summed E-state index contributed by atoms with van der Waals surface area (Å²) in [5, 5.41) is 2.57. The molecule has 2 aromatic carbocycles. The summed E-state index contributed by atoms with van der Waals surface area (Å²) in [5.74, 6) is -0.454. The van der Waals surface area contributed by atoms with Crippen molar-refractivity contribution in [2.75, 3.05) is 7.11 Å². The lowest BCUT2D eigenvalue weighted by atomic mass is 10.2. The van der Waals surface area contributed by atoms with Crippen LogP contribution in [0, 0.1) is 11.6 Å². The van der Waals surface area contributed by atoms with Crippen LogP contribution in [-0.4, -0.2) is 24.1 Å². The van der Waals surface area contributed by atoms with Crippen molar-refractivity contribution in [3.8, 4) is 23.0 Å². The van der Waals surface area contributed by atoms with Gasteiger partial charge in [-0.15, -0.1) is 0 Å². The summed E-state index contributed by atoms with van der Waals surface area (Å²) in [7, 11) is 1.57. The molecule has 0 aliphatic heterocycles. The van der Waals surface area contributed by atoms with Crippen LogP contribution < -0.4 is 20.5 Å². The first kappa shape index (κ1) is 26.2. The fourth-order valence-electron chi connectivity index (χ4n) is 3.80. The summed E-state index contributed by atoms with van der Waals surface area (Å²) < 4.78 is 44.2. The van der Waals surface area contributed by atoms with Crippen molar-refractivity contribution < 1.29 is 27.5 Å². The highest BCUT2D eigenvalue weighted by atomic mass is 19.1. The molecule has 7 nitrogen and oxygen atoms in total. The molecule has 1 saturated carbocycles. The second-order valence-electron chi connectivity index (χ2n) is 7.80. The number of oxazole rings is 1. The first-order valence-electron chi connectivity index (χ1n) is 11.8. The molecule has 0 spiro atoms. The molecule has 0 unspecified atom stereocenters. The molecule has 1 aliphatic rings. The quantitative estimate of drug-likeness (QED) is 0.444. The molecule has 1 aromatic heterocycles. The van der Waals surface area contributed by atoms with Gasteiger partial charge in [-0.1, -0.05) is 19.9 Å². The SMILES string of the molecule is CC.COc1ccc(-c2nc(C(=O)NCc3ccc(F)cc3F)c(CN)o2)cc1OC1CCCC1. The van der Waals surface area contributed by atoms with E-state index in [1.54, 1.807) is 25.3 Å². The molecule has 3 N–H and O–H groups in total. The number of amides is 1. The van der Waals surface area contributed by atoms with E-state index >= 15 is 0 Å². The van der Waals surface area contributed by atoms with E-state index in [0.29, 0.717) is 17.1 Å². The molecular weight excluding hydrogens is 456 g/mol. The number of hydrogen-bond acceptors (Lipinski definition) is 6. The van der Waals surface area contributed by atoms with Crippen LogP contribution in [0.15, 0.2) is 40.8 Å². The van der Waals surface area contributed by atoms with Gasteiger partial charge >= 0.3 is 0 Å². The van der Waals surface area contributed by atoms with Crippen molar-refractivity contribution in [3.63, 3.8) is 0 Å². The lowest BCUT2D eigenvalue weighted by Gasteiger charge is -2.16. The zero-order valence-corrected chi connectivity index (χ0v) is 20.2. The Morgan fingerprint density at radius 3 is 2.54 bits per heavy atom. The van der Waals surface area contributed by atoms with Crippen LogP contribution in [0.3, 0.4) is 0 Å². The smallest absolute Gasteiger partial charge is 0.273 e. The second kappa shape index (κ2) is 12.3. The van der Waals surface area contributed by atoms with Gasteiger partial charge in [0.2, 0.25) is 5.89 Å². The number of nitrogens with two attached hydrogens (primary N) is 1. The standard InChI is InChI=1S/C24H25F2N3O4.C2H6/c1-31-19-9-7-14(10-20(19)32-17-4-2-3-5-17)24-29-22(21(12-27)33-24)23(30)28-13-15-6-8-16(25)11-18(15)26;1-2/h6-11,17H,2-5,12-13,27H2,1H3,(H,28,30);1-2H3. The van der Waals surface area contributed by atoms with E-state index in [4.69, 9.17) is 19.6 Å². The molecule has 1 heterocycles. The molecule has 35 heavy (non-hydrogen) atoms. The maximum atomic E-state index is 13.9. The highest BCUT2D eigenvalue weighted by molar-refractivity contribution is 5.93. The molecule has 0 radical (unpaired) electrons. The highest BCUT2D eigenvalue weighted by Gasteiger charge is 2.23. The maximum absolute atomic E-state index is 13.9. The van der Waals surface area contributed by atoms with Gasteiger partial charge in [0.15, 0.2) is 23.0 Å². The monoisotopic (exact) mass is 487 g/mol. The van der Waals surface area contributed by atoms with Crippen LogP contribution >= 0.6 is 0 Å². The number of aromatic nitrogens is 1. The minimum Gasteiger partial charge on any atom is -0.493 e. The maximum Gasteiger partial charge on any atom is 0.273 e. The average molecular weight is 488 g/mol. The van der Waals surface area contributed by atoms with Crippen molar-refractivity contribution in [1.82, 2.24) is 10.3 Å². The first-order chi connectivity index (χ1) is 17.0. The molecule has 3 aromatic rings. The Morgan fingerprint density at radius 1 is 1.14 bits per heavy atom. The number of carbonyl (C=O) groups is 1. The Hall–Kier alpha value is -3.46. The number of carbonyl (C=O) groups excluding carboxylic acids is 1. The molecule has 4 rings (SSSR count). The van der Waals surface area contributed by atoms with Crippen molar-refractivity contribution in [1.29, 1.82) is 0 Å². The Morgan fingerprint density at radius 2 is 1.89 bits per heavy atom. The van der Waals surface area contributed by atoms with Crippen LogP contribution in [0.4, 0.5) is 8.78 Å². The van der Waals surface area contributed by atoms with Gasteiger partial charge in [-0.3, -0.25) is 4.79 Å². The third-order valence-corrected chi connectivity index (χ3v) is 5.56. The Labute approximate surface area is 203 Å². The average Bonchev–Trinajstić information content (AvgIpc) is 3.54. The molecule has 0 bridgehead atoms. The molecule has 1 amide bonds. The van der Waals surface area contributed by atoms with Crippen molar-refractivity contribution in [3.05, 3.63) is 65.1 Å². The zero-order valence-electron chi connectivity index (χ0n) is 20.2. The largest absolute Gasteiger partial charge is 0.493 e. The molecule has 1 aliphatic carbocycles. The van der Waals surface area contributed by atoms with Crippen molar-refractivity contribution in [2.45, 2.75) is 58.7 Å². The lowest BCUT2D eigenvalue weighted by Crippen LogP contribution is -2.25. The second-order valence-corrected chi connectivity index (χ2v) is 7.80. The van der Waals surface area contributed by atoms with E-state index in [2.05, 4.69) is 10.3 Å². The summed E-state index contributed by atoms with van der Waals surface area (Å²) in [6.07, 6.45) is 4.37. The van der Waals surface area contributed by atoms with Gasteiger partial charge in [-0.05, 0) is 49.9 Å². The Balaban J connectivity index is 0.00000167. The summed E-state index contributed by atoms with van der Waals surface area (Å²) in [6.45, 7) is 3.81. The number of hydrogen-bond donors (Lipinski definition) is 2. The fraction of sp³-hybridized carbons (Fsp3) is 0.385. The molecule has 188 valence electrons. The van der Waals surface area contributed by atoms with Crippen LogP contribution in [0.2, 0.25) is 0 Å². The molecule has 0 saturated heterocycles.